The Bertz CT molecular complexity index is 1330. The summed E-state index contributed by atoms with van der Waals surface area (Å²) in [4.78, 5) is 35.8. The highest BCUT2D eigenvalue weighted by molar-refractivity contribution is 6.12. The number of benzene rings is 1. The Hall–Kier alpha value is -4.07. The van der Waals surface area contributed by atoms with E-state index in [2.05, 4.69) is 12.2 Å². The molecule has 0 aliphatic rings. The van der Waals surface area contributed by atoms with Crippen LogP contribution in [-0.4, -0.2) is 22.1 Å². The lowest BCUT2D eigenvalue weighted by Crippen LogP contribution is -2.16. The normalized spacial score (nSPS) is 12.9. The lowest BCUT2D eigenvalue weighted by atomic mass is 10.00. The van der Waals surface area contributed by atoms with Gasteiger partial charge >= 0.3 is 11.7 Å². The standard InChI is InChI=1S/C26H27NO7/c1-4-17-8-9-18-13-19(33-22(18)12-17)11-16(3)24(29)23-20(28)14-21(34-25(23)30)15(2)7-5-6-10-27-26(31)32/h6,8-15,27-28H,4-5,7H2,1-3H3,(H,31,32). The Balaban J connectivity index is 1.77. The molecule has 0 saturated carbocycles. The van der Waals surface area contributed by atoms with E-state index >= 15 is 0 Å². The Morgan fingerprint density at radius 3 is 2.62 bits per heavy atom. The average molecular weight is 466 g/mol. The number of nitrogens with one attached hydrogen (secondary N) is 1. The van der Waals surface area contributed by atoms with E-state index in [-0.39, 0.29) is 17.3 Å². The van der Waals surface area contributed by atoms with E-state index in [0.29, 0.717) is 24.2 Å². The highest BCUT2D eigenvalue weighted by Crippen LogP contribution is 2.27. The first-order valence-electron chi connectivity index (χ1n) is 11.0. The second kappa shape index (κ2) is 10.7. The molecule has 0 spiro atoms. The van der Waals surface area contributed by atoms with Gasteiger partial charge in [0.2, 0.25) is 0 Å². The van der Waals surface area contributed by atoms with Crippen LogP contribution < -0.4 is 10.9 Å². The fourth-order valence-corrected chi connectivity index (χ4v) is 3.52. The molecule has 1 unspecified atom stereocenters. The third-order valence-electron chi connectivity index (χ3n) is 5.48. The van der Waals surface area contributed by atoms with Gasteiger partial charge < -0.3 is 19.0 Å². The van der Waals surface area contributed by atoms with Gasteiger partial charge in [-0.15, -0.1) is 0 Å². The largest absolute Gasteiger partial charge is 0.507 e. The number of allylic oxidation sites excluding steroid dienone is 2. The van der Waals surface area contributed by atoms with Gasteiger partial charge in [0, 0.05) is 29.1 Å². The number of ketones is 1. The fourth-order valence-electron chi connectivity index (χ4n) is 3.52. The number of hydrogen-bond acceptors (Lipinski definition) is 6. The van der Waals surface area contributed by atoms with Crippen molar-refractivity contribution in [1.29, 1.82) is 0 Å². The number of aromatic hydroxyl groups is 1. The minimum atomic E-state index is -1.16. The third-order valence-corrected chi connectivity index (χ3v) is 5.48. The third kappa shape index (κ3) is 5.83. The van der Waals surface area contributed by atoms with Gasteiger partial charge in [0.25, 0.3) is 0 Å². The number of rotatable bonds is 9. The molecule has 0 saturated heterocycles. The van der Waals surface area contributed by atoms with Crippen LogP contribution in [0.1, 0.15) is 67.0 Å². The van der Waals surface area contributed by atoms with Crippen molar-refractivity contribution in [1.82, 2.24) is 5.32 Å². The molecule has 0 radical (unpaired) electrons. The summed E-state index contributed by atoms with van der Waals surface area (Å²) in [7, 11) is 0. The molecule has 178 valence electrons. The zero-order valence-corrected chi connectivity index (χ0v) is 19.3. The van der Waals surface area contributed by atoms with Crippen molar-refractivity contribution in [2.75, 3.05) is 0 Å². The number of carbonyl (C=O) groups is 2. The van der Waals surface area contributed by atoms with Gasteiger partial charge in [-0.25, -0.2) is 9.59 Å². The number of carboxylic acid groups (broad SMARTS) is 1. The molecular weight excluding hydrogens is 438 g/mol. The monoisotopic (exact) mass is 465 g/mol. The average Bonchev–Trinajstić information content (AvgIpc) is 3.19. The number of hydrogen-bond donors (Lipinski definition) is 3. The Labute approximate surface area is 196 Å². The zero-order chi connectivity index (χ0) is 24.8. The van der Waals surface area contributed by atoms with E-state index < -0.39 is 28.8 Å². The van der Waals surface area contributed by atoms with Crippen molar-refractivity contribution in [2.45, 2.75) is 46.0 Å². The molecule has 0 bridgehead atoms. The minimum absolute atomic E-state index is 0.217. The van der Waals surface area contributed by atoms with E-state index in [1.807, 2.05) is 18.2 Å². The van der Waals surface area contributed by atoms with Gasteiger partial charge in [-0.1, -0.05) is 32.1 Å². The van der Waals surface area contributed by atoms with Gasteiger partial charge in [-0.05, 0) is 50.0 Å². The number of carbonyl (C=O) groups excluding carboxylic acids is 1. The van der Waals surface area contributed by atoms with Crippen LogP contribution in [0, 0.1) is 0 Å². The van der Waals surface area contributed by atoms with Gasteiger partial charge in [0.05, 0.1) is 0 Å². The summed E-state index contributed by atoms with van der Waals surface area (Å²) in [5.41, 5.74) is 0.712. The quantitative estimate of drug-likeness (QED) is 0.277. The van der Waals surface area contributed by atoms with Gasteiger partial charge in [-0.3, -0.25) is 10.1 Å². The van der Waals surface area contributed by atoms with Crippen LogP contribution in [0.5, 0.6) is 5.75 Å². The summed E-state index contributed by atoms with van der Waals surface area (Å²) in [6, 6.07) is 8.99. The summed E-state index contributed by atoms with van der Waals surface area (Å²) < 4.78 is 11.1. The summed E-state index contributed by atoms with van der Waals surface area (Å²) in [5, 5.41) is 22.0. The molecular formula is C26H27NO7. The minimum Gasteiger partial charge on any atom is -0.507 e. The molecule has 1 aromatic carbocycles. The molecule has 8 nitrogen and oxygen atoms in total. The van der Waals surface area contributed by atoms with Crippen molar-refractivity contribution >= 4 is 28.9 Å². The Morgan fingerprint density at radius 2 is 1.94 bits per heavy atom. The van der Waals surface area contributed by atoms with Crippen LogP contribution in [0.25, 0.3) is 17.0 Å². The van der Waals surface area contributed by atoms with Crippen molar-refractivity contribution in [3.05, 3.63) is 81.2 Å². The van der Waals surface area contributed by atoms with Crippen LogP contribution in [0.2, 0.25) is 0 Å². The van der Waals surface area contributed by atoms with Crippen LogP contribution >= 0.6 is 0 Å². The van der Waals surface area contributed by atoms with E-state index in [4.69, 9.17) is 13.9 Å². The van der Waals surface area contributed by atoms with Crippen molar-refractivity contribution in [3.8, 4) is 5.75 Å². The van der Waals surface area contributed by atoms with Gasteiger partial charge in [0.15, 0.2) is 5.78 Å². The first-order valence-corrected chi connectivity index (χ1v) is 11.0. The van der Waals surface area contributed by atoms with Gasteiger partial charge in [0.1, 0.15) is 28.4 Å². The van der Waals surface area contributed by atoms with E-state index in [9.17, 15) is 19.5 Å². The molecule has 0 aliphatic carbocycles. The number of furan rings is 1. The predicted octanol–water partition coefficient (Wildman–Crippen LogP) is 5.61. The van der Waals surface area contributed by atoms with Crippen LogP contribution in [0.15, 0.2) is 61.8 Å². The number of aryl methyl sites for hydroxylation is 1. The maximum atomic E-state index is 12.9. The molecule has 3 N–H and O–H groups in total. The molecule has 8 heteroatoms. The first-order chi connectivity index (χ1) is 16.2. The number of amides is 1. The SMILES string of the molecule is CCc1ccc2cc(C=C(C)C(=O)c3c(O)cc(C(C)CCC=CNC(=O)O)oc3=O)oc2c1. The molecule has 34 heavy (non-hydrogen) atoms. The summed E-state index contributed by atoms with van der Waals surface area (Å²) in [5.74, 6) is -0.630. The molecule has 0 fully saturated rings. The topological polar surface area (TPSA) is 130 Å². The predicted molar refractivity (Wildman–Crippen MR) is 128 cm³/mol. The number of Topliss-reactive ketones (excluding diaryl/α,β-unsaturated/α-hetero) is 1. The van der Waals surface area contributed by atoms with Crippen molar-refractivity contribution in [2.24, 2.45) is 0 Å². The number of fused-ring (bicyclic) bond motifs is 1. The molecule has 3 rings (SSSR count). The van der Waals surface area contributed by atoms with Crippen LogP contribution in [0.4, 0.5) is 4.79 Å². The van der Waals surface area contributed by atoms with Crippen LogP contribution in [0.3, 0.4) is 0 Å². The summed E-state index contributed by atoms with van der Waals surface area (Å²) in [6.07, 6.45) is 5.25. The highest BCUT2D eigenvalue weighted by atomic mass is 16.4. The van der Waals surface area contributed by atoms with Crippen LogP contribution in [-0.2, 0) is 6.42 Å². The van der Waals surface area contributed by atoms with Crippen molar-refractivity contribution in [3.63, 3.8) is 0 Å². The van der Waals surface area contributed by atoms with Crippen molar-refractivity contribution < 1.29 is 28.6 Å². The highest BCUT2D eigenvalue weighted by Gasteiger charge is 2.22. The Kier molecular flexibility index (Phi) is 7.73. The molecule has 0 aliphatic heterocycles. The molecule has 2 aromatic heterocycles. The summed E-state index contributed by atoms with van der Waals surface area (Å²) in [6.45, 7) is 5.39. The van der Waals surface area contributed by atoms with Gasteiger partial charge in [-0.2, -0.15) is 0 Å². The zero-order valence-electron chi connectivity index (χ0n) is 19.3. The summed E-state index contributed by atoms with van der Waals surface area (Å²) >= 11 is 0. The Morgan fingerprint density at radius 1 is 1.18 bits per heavy atom. The van der Waals surface area contributed by atoms with E-state index in [1.54, 1.807) is 26.0 Å². The lowest BCUT2D eigenvalue weighted by Gasteiger charge is -2.11. The molecule has 1 amide bonds. The fraction of sp³-hybridized carbons (Fsp3) is 0.269. The molecule has 3 aromatic rings. The van der Waals surface area contributed by atoms with E-state index in [0.717, 1.165) is 17.4 Å². The maximum Gasteiger partial charge on any atom is 0.408 e. The lowest BCUT2D eigenvalue weighted by molar-refractivity contribution is 0.102. The van der Waals surface area contributed by atoms with E-state index in [1.165, 1.54) is 18.3 Å². The maximum absolute atomic E-state index is 12.9. The molecule has 1 atom stereocenters. The second-order valence-corrected chi connectivity index (χ2v) is 8.06. The second-order valence-electron chi connectivity index (χ2n) is 8.06. The molecule has 2 heterocycles. The first kappa shape index (κ1) is 24.6. The smallest absolute Gasteiger partial charge is 0.408 e.